The maximum Gasteiger partial charge on any atom is 0.126 e. The van der Waals surface area contributed by atoms with Crippen molar-refractivity contribution < 1.29 is 0 Å². The van der Waals surface area contributed by atoms with Gasteiger partial charge < -0.3 is 5.32 Å². The molecule has 0 aliphatic heterocycles. The highest BCUT2D eigenvalue weighted by Gasteiger charge is 2.09. The quantitative estimate of drug-likeness (QED) is 0.875. The highest BCUT2D eigenvalue weighted by molar-refractivity contribution is 5.63. The van der Waals surface area contributed by atoms with Crippen LogP contribution in [0, 0.1) is 13.8 Å². The van der Waals surface area contributed by atoms with Crippen LogP contribution in [0.15, 0.2) is 30.3 Å². The molecular weight excluding hydrogens is 210 g/mol. The van der Waals surface area contributed by atoms with Gasteiger partial charge in [0.15, 0.2) is 0 Å². The zero-order valence-corrected chi connectivity index (χ0v) is 10.5. The van der Waals surface area contributed by atoms with Crippen molar-refractivity contribution in [2.24, 2.45) is 0 Å². The monoisotopic (exact) mass is 227 g/mol. The van der Waals surface area contributed by atoms with Crippen molar-refractivity contribution in [1.82, 2.24) is 15.3 Å². The number of hydrogen-bond acceptors (Lipinski definition) is 3. The Hall–Kier alpha value is -1.74. The fraction of sp³-hybridized carbons (Fsp3) is 0.286. The molecule has 0 unspecified atom stereocenters. The van der Waals surface area contributed by atoms with Crippen molar-refractivity contribution in [2.45, 2.75) is 20.4 Å². The van der Waals surface area contributed by atoms with Crippen molar-refractivity contribution in [3.8, 4) is 11.3 Å². The molecule has 1 heterocycles. The summed E-state index contributed by atoms with van der Waals surface area (Å²) in [6.07, 6.45) is 0. The van der Waals surface area contributed by atoms with Gasteiger partial charge in [-0.3, -0.25) is 0 Å². The summed E-state index contributed by atoms with van der Waals surface area (Å²) in [4.78, 5) is 9.02. The van der Waals surface area contributed by atoms with E-state index in [1.165, 1.54) is 0 Å². The first-order valence-electron chi connectivity index (χ1n) is 5.76. The fourth-order valence-electron chi connectivity index (χ4n) is 1.90. The summed E-state index contributed by atoms with van der Waals surface area (Å²) in [5.74, 6) is 0.819. The summed E-state index contributed by atoms with van der Waals surface area (Å²) < 4.78 is 0. The Balaban J connectivity index is 2.54. The van der Waals surface area contributed by atoms with Crippen LogP contribution in [0.2, 0.25) is 0 Å². The molecule has 0 aliphatic rings. The van der Waals surface area contributed by atoms with Gasteiger partial charge in [0.2, 0.25) is 0 Å². The van der Waals surface area contributed by atoms with E-state index < -0.39 is 0 Å². The molecule has 17 heavy (non-hydrogen) atoms. The predicted molar refractivity (Wildman–Crippen MR) is 69.7 cm³/mol. The van der Waals surface area contributed by atoms with Gasteiger partial charge in [-0.15, -0.1) is 0 Å². The Morgan fingerprint density at radius 1 is 1.06 bits per heavy atom. The average molecular weight is 227 g/mol. The van der Waals surface area contributed by atoms with Gasteiger partial charge in [0.1, 0.15) is 5.82 Å². The Bertz CT molecular complexity index is 506. The summed E-state index contributed by atoms with van der Waals surface area (Å²) in [7, 11) is 1.93. The standard InChI is InChI=1S/C14H17N3/c1-10-13(9-15-3)16-11(2)17-14(10)12-7-5-4-6-8-12/h4-8,15H,9H2,1-3H3. The fourth-order valence-corrected chi connectivity index (χ4v) is 1.90. The minimum Gasteiger partial charge on any atom is -0.314 e. The van der Waals surface area contributed by atoms with Gasteiger partial charge in [0, 0.05) is 12.1 Å². The molecule has 0 amide bonds. The molecule has 3 heteroatoms. The van der Waals surface area contributed by atoms with E-state index in [2.05, 4.69) is 34.3 Å². The third-order valence-electron chi connectivity index (χ3n) is 2.75. The van der Waals surface area contributed by atoms with Gasteiger partial charge in [-0.1, -0.05) is 30.3 Å². The maximum atomic E-state index is 4.55. The molecule has 0 aliphatic carbocycles. The van der Waals surface area contributed by atoms with E-state index in [1.54, 1.807) is 0 Å². The van der Waals surface area contributed by atoms with Gasteiger partial charge in [0.05, 0.1) is 11.4 Å². The molecule has 1 aromatic carbocycles. The van der Waals surface area contributed by atoms with Crippen LogP contribution in [0.4, 0.5) is 0 Å². The number of aromatic nitrogens is 2. The molecule has 2 rings (SSSR count). The van der Waals surface area contributed by atoms with Crippen LogP contribution in [0.25, 0.3) is 11.3 Å². The number of nitrogens with zero attached hydrogens (tertiary/aromatic N) is 2. The first-order valence-corrected chi connectivity index (χ1v) is 5.76. The van der Waals surface area contributed by atoms with E-state index in [1.807, 2.05) is 32.2 Å². The SMILES string of the molecule is CNCc1nc(C)nc(-c2ccccc2)c1C. The van der Waals surface area contributed by atoms with Crippen molar-refractivity contribution >= 4 is 0 Å². The Morgan fingerprint density at radius 2 is 1.76 bits per heavy atom. The zero-order valence-electron chi connectivity index (χ0n) is 10.5. The lowest BCUT2D eigenvalue weighted by Gasteiger charge is -2.11. The third kappa shape index (κ3) is 2.50. The number of hydrogen-bond donors (Lipinski definition) is 1. The molecular formula is C14H17N3. The molecule has 0 atom stereocenters. The summed E-state index contributed by atoms with van der Waals surface area (Å²) in [5.41, 5.74) is 4.39. The van der Waals surface area contributed by atoms with Gasteiger partial charge >= 0.3 is 0 Å². The van der Waals surface area contributed by atoms with Crippen LogP contribution in [0.1, 0.15) is 17.1 Å². The molecule has 1 N–H and O–H groups in total. The summed E-state index contributed by atoms with van der Waals surface area (Å²) in [6.45, 7) is 4.79. The highest BCUT2D eigenvalue weighted by Crippen LogP contribution is 2.22. The number of benzene rings is 1. The maximum absolute atomic E-state index is 4.55. The minimum atomic E-state index is 0.773. The number of rotatable bonds is 3. The first kappa shape index (κ1) is 11.7. The number of nitrogens with one attached hydrogen (secondary N) is 1. The molecule has 0 radical (unpaired) electrons. The summed E-state index contributed by atoms with van der Waals surface area (Å²) >= 11 is 0. The lowest BCUT2D eigenvalue weighted by molar-refractivity contribution is 0.771. The molecule has 0 fully saturated rings. The second-order valence-corrected chi connectivity index (χ2v) is 4.09. The average Bonchev–Trinajstić information content (AvgIpc) is 2.35. The smallest absolute Gasteiger partial charge is 0.126 e. The van der Waals surface area contributed by atoms with E-state index in [0.29, 0.717) is 0 Å². The number of aryl methyl sites for hydroxylation is 1. The second kappa shape index (κ2) is 5.06. The van der Waals surface area contributed by atoms with E-state index in [-0.39, 0.29) is 0 Å². The highest BCUT2D eigenvalue weighted by atomic mass is 14.9. The van der Waals surface area contributed by atoms with Crippen molar-refractivity contribution in [1.29, 1.82) is 0 Å². The van der Waals surface area contributed by atoms with Crippen molar-refractivity contribution in [3.63, 3.8) is 0 Å². The van der Waals surface area contributed by atoms with E-state index in [0.717, 1.165) is 34.9 Å². The Kier molecular flexibility index (Phi) is 3.49. The third-order valence-corrected chi connectivity index (χ3v) is 2.75. The predicted octanol–water partition coefficient (Wildman–Crippen LogP) is 2.48. The summed E-state index contributed by atoms with van der Waals surface area (Å²) in [6, 6.07) is 10.2. The molecule has 2 aromatic rings. The second-order valence-electron chi connectivity index (χ2n) is 4.09. The summed E-state index contributed by atoms with van der Waals surface area (Å²) in [5, 5.41) is 3.14. The van der Waals surface area contributed by atoms with Crippen LogP contribution >= 0.6 is 0 Å². The van der Waals surface area contributed by atoms with Crippen LogP contribution in [0.3, 0.4) is 0 Å². The van der Waals surface area contributed by atoms with Gasteiger partial charge in [0.25, 0.3) is 0 Å². The van der Waals surface area contributed by atoms with E-state index in [4.69, 9.17) is 0 Å². The Labute approximate surface area is 102 Å². The minimum absolute atomic E-state index is 0.773. The molecule has 88 valence electrons. The van der Waals surface area contributed by atoms with Crippen molar-refractivity contribution in [3.05, 3.63) is 47.4 Å². The van der Waals surface area contributed by atoms with Gasteiger partial charge in [-0.05, 0) is 26.5 Å². The lowest BCUT2D eigenvalue weighted by Crippen LogP contribution is -2.11. The molecule has 3 nitrogen and oxygen atoms in total. The van der Waals surface area contributed by atoms with Crippen molar-refractivity contribution in [2.75, 3.05) is 7.05 Å². The lowest BCUT2D eigenvalue weighted by atomic mass is 10.1. The zero-order chi connectivity index (χ0) is 12.3. The first-order chi connectivity index (χ1) is 8.22. The molecule has 0 spiro atoms. The molecule has 1 aromatic heterocycles. The molecule has 0 saturated heterocycles. The topological polar surface area (TPSA) is 37.8 Å². The van der Waals surface area contributed by atoms with Crippen LogP contribution in [-0.2, 0) is 6.54 Å². The van der Waals surface area contributed by atoms with Gasteiger partial charge in [-0.25, -0.2) is 9.97 Å². The van der Waals surface area contributed by atoms with E-state index >= 15 is 0 Å². The van der Waals surface area contributed by atoms with E-state index in [9.17, 15) is 0 Å². The van der Waals surface area contributed by atoms with Gasteiger partial charge in [-0.2, -0.15) is 0 Å². The van der Waals surface area contributed by atoms with Crippen LogP contribution in [0.5, 0.6) is 0 Å². The Morgan fingerprint density at radius 3 is 2.41 bits per heavy atom. The normalized spacial score (nSPS) is 10.5. The van der Waals surface area contributed by atoms with Crippen LogP contribution in [-0.4, -0.2) is 17.0 Å². The largest absolute Gasteiger partial charge is 0.314 e. The molecule has 0 bridgehead atoms. The van der Waals surface area contributed by atoms with Crippen LogP contribution < -0.4 is 5.32 Å². The molecule has 0 saturated carbocycles.